The van der Waals surface area contributed by atoms with Gasteiger partial charge in [-0.1, -0.05) is 86.7 Å². The van der Waals surface area contributed by atoms with Gasteiger partial charge < -0.3 is 14.8 Å². The summed E-state index contributed by atoms with van der Waals surface area (Å²) in [5.41, 5.74) is 1.79. The fourth-order valence-electron chi connectivity index (χ4n) is 3.30. The SMILES string of the molecule is C=C[C@H](CC)N(C[C@H](NC(=O)OCc1ccccc1)[C@@H](C)C=C)C(=O)OCc1ccccc1. The standard InChI is InChI=1S/C27H34N2O4/c1-5-21(4)25(28-26(30)32-19-22-14-10-8-11-15-22)18-29(24(6-2)7-3)27(31)33-20-23-16-12-9-13-17-23/h5-6,8-17,21,24-25H,1-2,7,18-20H2,3-4H3,(H,28,30)/t21-,24+,25-/m0/s1. The molecule has 2 aromatic rings. The Balaban J connectivity index is 2.07. The van der Waals surface area contributed by atoms with Gasteiger partial charge in [0.25, 0.3) is 0 Å². The van der Waals surface area contributed by atoms with Gasteiger partial charge in [-0.25, -0.2) is 9.59 Å². The molecule has 0 aromatic heterocycles. The summed E-state index contributed by atoms with van der Waals surface area (Å²) in [6.45, 7) is 12.2. The summed E-state index contributed by atoms with van der Waals surface area (Å²) in [5, 5.41) is 2.88. The molecule has 0 spiro atoms. The third-order valence-electron chi connectivity index (χ3n) is 5.45. The van der Waals surface area contributed by atoms with Crippen molar-refractivity contribution in [3.05, 3.63) is 97.1 Å². The molecule has 0 radical (unpaired) electrons. The van der Waals surface area contributed by atoms with Crippen LogP contribution in [0.2, 0.25) is 0 Å². The number of amides is 2. The Bertz CT molecular complexity index is 886. The van der Waals surface area contributed by atoms with Gasteiger partial charge in [0, 0.05) is 6.54 Å². The van der Waals surface area contributed by atoms with E-state index in [4.69, 9.17) is 9.47 Å². The Morgan fingerprint density at radius 1 is 0.939 bits per heavy atom. The van der Waals surface area contributed by atoms with Crippen LogP contribution in [0.4, 0.5) is 9.59 Å². The largest absolute Gasteiger partial charge is 0.445 e. The van der Waals surface area contributed by atoms with Crippen molar-refractivity contribution < 1.29 is 19.1 Å². The van der Waals surface area contributed by atoms with E-state index in [1.807, 2.05) is 74.5 Å². The first kappa shape index (κ1) is 25.7. The van der Waals surface area contributed by atoms with E-state index in [0.717, 1.165) is 11.1 Å². The average Bonchev–Trinajstić information content (AvgIpc) is 2.86. The monoisotopic (exact) mass is 450 g/mol. The fraction of sp³-hybridized carbons (Fsp3) is 0.333. The summed E-state index contributed by atoms with van der Waals surface area (Å²) in [6.07, 6.45) is 3.10. The number of hydrogen-bond donors (Lipinski definition) is 1. The maximum atomic E-state index is 13.0. The van der Waals surface area contributed by atoms with E-state index in [-0.39, 0.29) is 31.7 Å². The zero-order chi connectivity index (χ0) is 24.1. The molecule has 176 valence electrons. The fourth-order valence-corrected chi connectivity index (χ4v) is 3.30. The van der Waals surface area contributed by atoms with Crippen molar-refractivity contribution in [2.45, 2.75) is 45.6 Å². The second kappa shape index (κ2) is 13.8. The smallest absolute Gasteiger partial charge is 0.410 e. The van der Waals surface area contributed by atoms with Crippen LogP contribution in [0.5, 0.6) is 0 Å². The van der Waals surface area contributed by atoms with Crippen LogP contribution in [0.3, 0.4) is 0 Å². The Labute approximate surface area is 196 Å². The van der Waals surface area contributed by atoms with E-state index >= 15 is 0 Å². The molecule has 0 saturated carbocycles. The van der Waals surface area contributed by atoms with Crippen LogP contribution < -0.4 is 5.32 Å². The molecule has 1 N–H and O–H groups in total. The first-order valence-electron chi connectivity index (χ1n) is 11.2. The van der Waals surface area contributed by atoms with Crippen molar-refractivity contribution in [2.75, 3.05) is 6.54 Å². The lowest BCUT2D eigenvalue weighted by Gasteiger charge is -2.33. The number of nitrogens with zero attached hydrogens (tertiary/aromatic N) is 1. The highest BCUT2D eigenvalue weighted by molar-refractivity contribution is 5.70. The zero-order valence-electron chi connectivity index (χ0n) is 19.5. The molecule has 0 aliphatic heterocycles. The molecule has 33 heavy (non-hydrogen) atoms. The maximum Gasteiger partial charge on any atom is 0.410 e. The predicted molar refractivity (Wildman–Crippen MR) is 131 cm³/mol. The molecule has 3 atom stereocenters. The van der Waals surface area contributed by atoms with Crippen LogP contribution >= 0.6 is 0 Å². The third-order valence-corrected chi connectivity index (χ3v) is 5.45. The van der Waals surface area contributed by atoms with Crippen molar-refractivity contribution in [1.82, 2.24) is 10.2 Å². The second-order valence-electron chi connectivity index (χ2n) is 7.81. The van der Waals surface area contributed by atoms with Gasteiger partial charge in [-0.3, -0.25) is 4.90 Å². The molecule has 0 aliphatic rings. The number of carbonyl (C=O) groups excluding carboxylic acids is 2. The van der Waals surface area contributed by atoms with Crippen LogP contribution in [0.15, 0.2) is 86.0 Å². The molecule has 2 rings (SSSR count). The highest BCUT2D eigenvalue weighted by Gasteiger charge is 2.28. The van der Waals surface area contributed by atoms with Crippen molar-refractivity contribution in [2.24, 2.45) is 5.92 Å². The lowest BCUT2D eigenvalue weighted by atomic mass is 10.0. The number of nitrogens with one attached hydrogen (secondary N) is 1. The molecular weight excluding hydrogens is 416 g/mol. The van der Waals surface area contributed by atoms with Crippen molar-refractivity contribution in [3.63, 3.8) is 0 Å². The van der Waals surface area contributed by atoms with Crippen LogP contribution in [0, 0.1) is 5.92 Å². The molecule has 0 unspecified atom stereocenters. The van der Waals surface area contributed by atoms with Gasteiger partial charge in [-0.2, -0.15) is 0 Å². The van der Waals surface area contributed by atoms with Crippen molar-refractivity contribution in [1.29, 1.82) is 0 Å². The number of carbonyl (C=O) groups is 2. The van der Waals surface area contributed by atoms with Crippen LogP contribution in [-0.2, 0) is 22.7 Å². The highest BCUT2D eigenvalue weighted by Crippen LogP contribution is 2.15. The molecule has 6 heteroatoms. The molecule has 6 nitrogen and oxygen atoms in total. The highest BCUT2D eigenvalue weighted by atomic mass is 16.6. The summed E-state index contributed by atoms with van der Waals surface area (Å²) in [5.74, 6) is -0.110. The number of hydrogen-bond acceptors (Lipinski definition) is 4. The van der Waals surface area contributed by atoms with Crippen LogP contribution in [0.1, 0.15) is 31.4 Å². The molecule has 2 amide bonds. The van der Waals surface area contributed by atoms with E-state index in [0.29, 0.717) is 6.42 Å². The molecule has 0 fully saturated rings. The van der Waals surface area contributed by atoms with Crippen molar-refractivity contribution >= 4 is 12.2 Å². The van der Waals surface area contributed by atoms with Gasteiger partial charge in [-0.05, 0) is 23.5 Å². The van der Waals surface area contributed by atoms with Gasteiger partial charge in [0.15, 0.2) is 0 Å². The van der Waals surface area contributed by atoms with Gasteiger partial charge in [0.05, 0.1) is 12.1 Å². The number of rotatable bonds is 12. The average molecular weight is 451 g/mol. The second-order valence-corrected chi connectivity index (χ2v) is 7.81. The first-order valence-corrected chi connectivity index (χ1v) is 11.2. The van der Waals surface area contributed by atoms with Gasteiger partial charge in [0.2, 0.25) is 0 Å². The molecule has 2 aromatic carbocycles. The quantitative estimate of drug-likeness (QED) is 0.421. The molecular formula is C27H34N2O4. The van der Waals surface area contributed by atoms with E-state index in [9.17, 15) is 9.59 Å². The van der Waals surface area contributed by atoms with E-state index in [1.165, 1.54) is 0 Å². The molecule has 0 saturated heterocycles. The predicted octanol–water partition coefficient (Wildman–Crippen LogP) is 5.71. The third kappa shape index (κ3) is 8.48. The van der Waals surface area contributed by atoms with Crippen LogP contribution in [-0.4, -0.2) is 35.7 Å². The molecule has 0 heterocycles. The summed E-state index contributed by atoms with van der Waals surface area (Å²) < 4.78 is 10.9. The minimum atomic E-state index is -0.554. The number of alkyl carbamates (subject to hydrolysis) is 1. The lowest BCUT2D eigenvalue weighted by molar-refractivity contribution is 0.0781. The van der Waals surface area contributed by atoms with E-state index in [2.05, 4.69) is 18.5 Å². The zero-order valence-corrected chi connectivity index (χ0v) is 19.5. The van der Waals surface area contributed by atoms with Gasteiger partial charge in [0.1, 0.15) is 13.2 Å². The van der Waals surface area contributed by atoms with E-state index < -0.39 is 18.2 Å². The Morgan fingerprint density at radius 3 is 1.97 bits per heavy atom. The maximum absolute atomic E-state index is 13.0. The normalized spacial score (nSPS) is 13.2. The number of benzene rings is 2. The van der Waals surface area contributed by atoms with Crippen LogP contribution in [0.25, 0.3) is 0 Å². The summed E-state index contributed by atoms with van der Waals surface area (Å²) >= 11 is 0. The lowest BCUT2D eigenvalue weighted by Crippen LogP contribution is -2.51. The Hall–Kier alpha value is -3.54. The first-order chi connectivity index (χ1) is 16.0. The van der Waals surface area contributed by atoms with Crippen molar-refractivity contribution in [3.8, 4) is 0 Å². The summed E-state index contributed by atoms with van der Waals surface area (Å²) in [7, 11) is 0. The topological polar surface area (TPSA) is 67.9 Å². The van der Waals surface area contributed by atoms with E-state index in [1.54, 1.807) is 17.1 Å². The Morgan fingerprint density at radius 2 is 1.48 bits per heavy atom. The number of ether oxygens (including phenoxy) is 2. The minimum Gasteiger partial charge on any atom is -0.445 e. The Kier molecular flexibility index (Phi) is 10.7. The van der Waals surface area contributed by atoms with Gasteiger partial charge in [-0.15, -0.1) is 13.2 Å². The summed E-state index contributed by atoms with van der Waals surface area (Å²) in [4.78, 5) is 27.1. The summed E-state index contributed by atoms with van der Waals surface area (Å²) in [6, 6.07) is 18.3. The minimum absolute atomic E-state index is 0.110. The van der Waals surface area contributed by atoms with Gasteiger partial charge >= 0.3 is 12.2 Å². The molecule has 0 aliphatic carbocycles. The molecule has 0 bridgehead atoms.